The Morgan fingerprint density at radius 1 is 0.938 bits per heavy atom. The van der Waals surface area contributed by atoms with Crippen molar-refractivity contribution in [1.82, 2.24) is 29.9 Å². The summed E-state index contributed by atoms with van der Waals surface area (Å²) < 4.78 is 47.8. The molecule has 4 fully saturated rings. The van der Waals surface area contributed by atoms with Gasteiger partial charge >= 0.3 is 6.18 Å². The minimum atomic E-state index is -4.71. The average molecular weight is 899 g/mol. The molecule has 2 aromatic heterocycles. The molecule has 344 valence electrons. The van der Waals surface area contributed by atoms with Crippen molar-refractivity contribution in [3.8, 4) is 5.75 Å². The highest BCUT2D eigenvalue weighted by Crippen LogP contribution is 2.53. The molecule has 4 aromatic rings. The Morgan fingerprint density at radius 3 is 2.38 bits per heavy atom. The van der Waals surface area contributed by atoms with E-state index in [0.717, 1.165) is 93.4 Å². The van der Waals surface area contributed by atoms with Gasteiger partial charge in [-0.1, -0.05) is 12.1 Å². The van der Waals surface area contributed by atoms with E-state index in [0.29, 0.717) is 35.0 Å². The van der Waals surface area contributed by atoms with Crippen LogP contribution in [0.2, 0.25) is 0 Å². The van der Waals surface area contributed by atoms with Gasteiger partial charge in [0.15, 0.2) is 0 Å². The molecule has 65 heavy (non-hydrogen) atoms. The number of fused-ring (bicyclic) bond motifs is 2. The topological polar surface area (TPSA) is 188 Å². The average Bonchev–Trinajstić information content (AvgIpc) is 3.78. The van der Waals surface area contributed by atoms with E-state index in [1.807, 2.05) is 10.9 Å². The second kappa shape index (κ2) is 17.2. The number of nitrogens with zero attached hydrogens (tertiary/aromatic N) is 5. The van der Waals surface area contributed by atoms with Crippen molar-refractivity contribution < 1.29 is 47.0 Å². The number of hydrogen-bond donors (Lipinski definition) is 4. The largest absolute Gasteiger partial charge is 0.488 e. The summed E-state index contributed by atoms with van der Waals surface area (Å²) in [5.41, 5.74) is -0.444. The van der Waals surface area contributed by atoms with E-state index in [4.69, 9.17) is 9.84 Å². The molecule has 2 aliphatic carbocycles. The monoisotopic (exact) mass is 898 g/mol. The summed E-state index contributed by atoms with van der Waals surface area (Å²) in [6, 6.07) is 10.8. The number of amides is 5. The number of hydrogen-bond acceptors (Lipinski definition) is 11. The Kier molecular flexibility index (Phi) is 11.7. The van der Waals surface area contributed by atoms with Crippen LogP contribution in [-0.2, 0) is 15.8 Å². The van der Waals surface area contributed by atoms with Gasteiger partial charge in [-0.05, 0) is 132 Å². The van der Waals surface area contributed by atoms with Gasteiger partial charge in [-0.2, -0.15) is 18.3 Å². The Balaban J connectivity index is 0.753. The van der Waals surface area contributed by atoms with Gasteiger partial charge in [0, 0.05) is 42.8 Å². The smallest absolute Gasteiger partial charge is 0.433 e. The fourth-order valence-corrected chi connectivity index (χ4v) is 10.4. The first-order chi connectivity index (χ1) is 30.9. The number of ether oxygens (including phenoxy) is 1. The maximum absolute atomic E-state index is 13.5. The number of anilines is 2. The summed E-state index contributed by atoms with van der Waals surface area (Å²) in [7, 11) is 0. The SMILES string of the molecule is CC(C)(O)COc1cc2nn(C3CCC(CN4CCC5(CC4)CC(CNc4cccc6c4C(=O)N(C4CCC(=O)NC4=O)C6=O)C5)CC3)cc2cc1NC(=O)c1cccc(C(F)(F)F)n1. The van der Waals surface area contributed by atoms with Crippen LogP contribution in [0.15, 0.2) is 54.7 Å². The molecule has 0 radical (unpaired) electrons. The van der Waals surface area contributed by atoms with Crippen molar-refractivity contribution in [3.05, 3.63) is 77.2 Å². The van der Waals surface area contributed by atoms with Crippen molar-refractivity contribution in [2.45, 2.75) is 102 Å². The zero-order valence-electron chi connectivity index (χ0n) is 36.4. The number of carbonyl (C=O) groups excluding carboxylic acids is 5. The molecule has 5 heterocycles. The van der Waals surface area contributed by atoms with Crippen LogP contribution in [0.4, 0.5) is 24.5 Å². The zero-order chi connectivity index (χ0) is 45.8. The number of alkyl halides is 3. The number of halogens is 3. The summed E-state index contributed by atoms with van der Waals surface area (Å²) in [4.78, 5) is 71.2. The van der Waals surface area contributed by atoms with E-state index in [1.54, 1.807) is 44.2 Å². The molecule has 18 heteroatoms. The van der Waals surface area contributed by atoms with Gasteiger partial charge in [0.25, 0.3) is 17.7 Å². The first-order valence-corrected chi connectivity index (χ1v) is 22.5. The van der Waals surface area contributed by atoms with Gasteiger partial charge in [-0.15, -0.1) is 0 Å². The molecular weight excluding hydrogens is 846 g/mol. The van der Waals surface area contributed by atoms with Crippen LogP contribution < -0.4 is 20.7 Å². The summed E-state index contributed by atoms with van der Waals surface area (Å²) in [5, 5.41) is 24.3. The Hall–Kier alpha value is -5.88. The predicted octanol–water partition coefficient (Wildman–Crippen LogP) is 6.59. The number of nitrogens with one attached hydrogen (secondary N) is 3. The van der Waals surface area contributed by atoms with Crippen molar-refractivity contribution in [3.63, 3.8) is 0 Å². The van der Waals surface area contributed by atoms with Crippen LogP contribution in [0, 0.1) is 17.3 Å². The van der Waals surface area contributed by atoms with Gasteiger partial charge < -0.3 is 25.4 Å². The van der Waals surface area contributed by atoms with Crippen LogP contribution in [0.3, 0.4) is 0 Å². The molecule has 1 spiro atoms. The number of rotatable bonds is 12. The first-order valence-electron chi connectivity index (χ1n) is 22.5. The fraction of sp³-hybridized carbons (Fsp3) is 0.511. The van der Waals surface area contributed by atoms with Gasteiger partial charge in [0.05, 0.1) is 34.0 Å². The van der Waals surface area contributed by atoms with E-state index in [-0.39, 0.29) is 48.1 Å². The minimum absolute atomic E-state index is 0.0734. The molecule has 15 nitrogen and oxygen atoms in total. The second-order valence-electron chi connectivity index (χ2n) is 19.3. The zero-order valence-corrected chi connectivity index (χ0v) is 36.4. The standard InChI is InChI=1S/C47H53F3N8O7/c1-45(2,64)26-65-37-20-34-29(19-35(37)53-41(60)33-7-4-8-38(52-33)47(48,49)50)25-57(55-34)30-11-9-27(10-12-30)24-56-17-15-46(16-18-56)21-28(22-46)23-51-32-6-3-5-31-40(32)44(63)58(43(31)62)36-13-14-39(59)54-42(36)61/h3-8,19-20,25,27-28,30,36,51,64H,9-18,21-24,26H2,1-2H3,(H,53,60)(H,54,59,61). The van der Waals surface area contributed by atoms with Crippen LogP contribution in [0.1, 0.15) is 121 Å². The maximum Gasteiger partial charge on any atom is 0.433 e. The van der Waals surface area contributed by atoms with E-state index in [9.17, 15) is 42.3 Å². The third kappa shape index (κ3) is 9.32. The summed E-state index contributed by atoms with van der Waals surface area (Å²) >= 11 is 0. The van der Waals surface area contributed by atoms with E-state index >= 15 is 0 Å². The third-order valence-corrected chi connectivity index (χ3v) is 13.8. The van der Waals surface area contributed by atoms with E-state index in [2.05, 4.69) is 25.8 Å². The molecule has 5 aliphatic rings. The lowest BCUT2D eigenvalue weighted by Gasteiger charge is -2.53. The normalized spacial score (nSPS) is 22.8. The number of benzene rings is 2. The number of aromatic nitrogens is 3. The molecule has 9 rings (SSSR count). The number of piperidine rings is 2. The quantitative estimate of drug-likeness (QED) is 0.112. The Bertz CT molecular complexity index is 2530. The van der Waals surface area contributed by atoms with Crippen molar-refractivity contribution in [2.75, 3.05) is 43.4 Å². The number of pyridine rings is 1. The third-order valence-electron chi connectivity index (χ3n) is 13.8. The molecule has 4 N–H and O–H groups in total. The molecule has 2 saturated heterocycles. The predicted molar refractivity (Wildman–Crippen MR) is 232 cm³/mol. The number of imide groups is 2. The van der Waals surface area contributed by atoms with Crippen LogP contribution >= 0.6 is 0 Å². The molecule has 2 saturated carbocycles. The summed E-state index contributed by atoms with van der Waals surface area (Å²) in [6.07, 6.45) is 5.94. The molecule has 0 bridgehead atoms. The van der Waals surface area contributed by atoms with Gasteiger partial charge in [0.1, 0.15) is 29.8 Å². The van der Waals surface area contributed by atoms with Crippen LogP contribution in [0.5, 0.6) is 5.75 Å². The highest BCUT2D eigenvalue weighted by atomic mass is 19.4. The van der Waals surface area contributed by atoms with Gasteiger partial charge in [-0.3, -0.25) is 38.9 Å². The molecule has 2 aromatic carbocycles. The second-order valence-corrected chi connectivity index (χ2v) is 19.3. The minimum Gasteiger partial charge on any atom is -0.488 e. The summed E-state index contributed by atoms with van der Waals surface area (Å²) in [6.45, 7) is 6.91. The van der Waals surface area contributed by atoms with Crippen LogP contribution in [-0.4, -0.2) is 104 Å². The lowest BCUT2D eigenvalue weighted by Crippen LogP contribution is -2.54. The lowest BCUT2D eigenvalue weighted by atomic mass is 9.57. The fourth-order valence-electron chi connectivity index (χ4n) is 10.4. The Labute approximate surface area is 373 Å². The highest BCUT2D eigenvalue weighted by molar-refractivity contribution is 6.25. The number of aliphatic hydroxyl groups is 1. The molecule has 3 aliphatic heterocycles. The highest BCUT2D eigenvalue weighted by Gasteiger charge is 2.48. The summed E-state index contributed by atoms with van der Waals surface area (Å²) in [5.74, 6) is -1.64. The van der Waals surface area contributed by atoms with E-state index < -0.39 is 58.7 Å². The first kappa shape index (κ1) is 44.3. The van der Waals surface area contributed by atoms with Crippen molar-refractivity contribution >= 4 is 51.8 Å². The van der Waals surface area contributed by atoms with Gasteiger partial charge in [0.2, 0.25) is 11.8 Å². The lowest BCUT2D eigenvalue weighted by molar-refractivity contribution is -0.141. The number of carbonyl (C=O) groups is 5. The van der Waals surface area contributed by atoms with E-state index in [1.165, 1.54) is 6.07 Å². The maximum atomic E-state index is 13.5. The Morgan fingerprint density at radius 2 is 1.68 bits per heavy atom. The molecule has 1 atom stereocenters. The molecular formula is C47H53F3N8O7. The van der Waals surface area contributed by atoms with Crippen molar-refractivity contribution in [2.24, 2.45) is 17.3 Å². The van der Waals surface area contributed by atoms with Crippen LogP contribution in [0.25, 0.3) is 10.9 Å². The molecule has 1 unspecified atom stereocenters. The number of likely N-dealkylation sites (tertiary alicyclic amines) is 1. The van der Waals surface area contributed by atoms with Crippen molar-refractivity contribution in [1.29, 1.82) is 0 Å². The van der Waals surface area contributed by atoms with Gasteiger partial charge in [-0.25, -0.2) is 4.98 Å². The molecule has 5 amide bonds.